The predicted octanol–water partition coefficient (Wildman–Crippen LogP) is 2.07. The number of aromatic nitrogens is 2. The van der Waals surface area contributed by atoms with Gasteiger partial charge >= 0.3 is 0 Å². The molecule has 0 N–H and O–H groups in total. The highest BCUT2D eigenvalue weighted by Gasteiger charge is 2.19. The standard InChI is InChI=1S/C14H16N4OS/c1-11(19)12-2-3-13(16-10-12)17-5-7-18(8-6-17)14-15-4-9-20-14/h2-4,9-10H,5-8H2,1H3. The van der Waals surface area contributed by atoms with Crippen molar-refractivity contribution in [3.8, 4) is 0 Å². The summed E-state index contributed by atoms with van der Waals surface area (Å²) in [5.41, 5.74) is 0.662. The van der Waals surface area contributed by atoms with Crippen molar-refractivity contribution < 1.29 is 4.79 Å². The van der Waals surface area contributed by atoms with Gasteiger partial charge in [0, 0.05) is 49.5 Å². The number of anilines is 2. The summed E-state index contributed by atoms with van der Waals surface area (Å²) in [5, 5.41) is 3.09. The molecule has 0 saturated carbocycles. The van der Waals surface area contributed by atoms with E-state index in [4.69, 9.17) is 0 Å². The number of piperazine rings is 1. The largest absolute Gasteiger partial charge is 0.353 e. The van der Waals surface area contributed by atoms with Crippen LogP contribution in [0.15, 0.2) is 29.9 Å². The van der Waals surface area contributed by atoms with Gasteiger partial charge in [0.25, 0.3) is 0 Å². The Labute approximate surface area is 121 Å². The van der Waals surface area contributed by atoms with E-state index in [1.807, 2.05) is 23.7 Å². The Morgan fingerprint density at radius 1 is 1.15 bits per heavy atom. The van der Waals surface area contributed by atoms with Crippen molar-refractivity contribution in [2.24, 2.45) is 0 Å². The van der Waals surface area contributed by atoms with Gasteiger partial charge in [-0.3, -0.25) is 4.79 Å². The van der Waals surface area contributed by atoms with Gasteiger partial charge in [-0.25, -0.2) is 9.97 Å². The average molecular weight is 288 g/mol. The fraction of sp³-hybridized carbons (Fsp3) is 0.357. The number of carbonyl (C=O) groups excluding carboxylic acids is 1. The number of hydrogen-bond donors (Lipinski definition) is 0. The number of pyridine rings is 1. The van der Waals surface area contributed by atoms with Crippen LogP contribution >= 0.6 is 11.3 Å². The van der Waals surface area contributed by atoms with E-state index in [1.54, 1.807) is 24.5 Å². The number of Topliss-reactive ketones (excluding diaryl/α,β-unsaturated/α-hetero) is 1. The first-order chi connectivity index (χ1) is 9.74. The van der Waals surface area contributed by atoms with E-state index < -0.39 is 0 Å². The van der Waals surface area contributed by atoms with Crippen LogP contribution in [0, 0.1) is 0 Å². The van der Waals surface area contributed by atoms with Gasteiger partial charge in [-0.2, -0.15) is 0 Å². The summed E-state index contributed by atoms with van der Waals surface area (Å²) in [7, 11) is 0. The summed E-state index contributed by atoms with van der Waals surface area (Å²) in [6.07, 6.45) is 3.50. The van der Waals surface area contributed by atoms with Crippen LogP contribution in [0.25, 0.3) is 0 Å². The highest BCUT2D eigenvalue weighted by molar-refractivity contribution is 7.13. The molecule has 1 fully saturated rings. The molecule has 0 aliphatic carbocycles. The van der Waals surface area contributed by atoms with Gasteiger partial charge in [0.1, 0.15) is 5.82 Å². The molecule has 1 aliphatic heterocycles. The van der Waals surface area contributed by atoms with Crippen molar-refractivity contribution in [1.29, 1.82) is 0 Å². The lowest BCUT2D eigenvalue weighted by Crippen LogP contribution is -2.46. The molecule has 2 aromatic heterocycles. The van der Waals surface area contributed by atoms with Crippen molar-refractivity contribution in [3.05, 3.63) is 35.5 Å². The SMILES string of the molecule is CC(=O)c1ccc(N2CCN(c3nccs3)CC2)nc1. The van der Waals surface area contributed by atoms with Gasteiger partial charge < -0.3 is 9.80 Å². The third kappa shape index (κ3) is 2.65. The molecule has 3 heterocycles. The molecular formula is C14H16N4OS. The van der Waals surface area contributed by atoms with E-state index in [-0.39, 0.29) is 5.78 Å². The first kappa shape index (κ1) is 13.1. The number of hydrogen-bond acceptors (Lipinski definition) is 6. The van der Waals surface area contributed by atoms with Crippen LogP contribution in [0.2, 0.25) is 0 Å². The normalized spacial score (nSPS) is 15.4. The van der Waals surface area contributed by atoms with Gasteiger partial charge in [-0.1, -0.05) is 0 Å². The Hall–Kier alpha value is -1.95. The average Bonchev–Trinajstić information content (AvgIpc) is 3.02. The Bertz CT molecular complexity index is 574. The molecule has 1 saturated heterocycles. The molecule has 2 aromatic rings. The van der Waals surface area contributed by atoms with Crippen LogP contribution in [0.4, 0.5) is 10.9 Å². The highest BCUT2D eigenvalue weighted by atomic mass is 32.1. The minimum absolute atomic E-state index is 0.0534. The minimum atomic E-state index is 0.0534. The molecule has 0 radical (unpaired) electrons. The minimum Gasteiger partial charge on any atom is -0.353 e. The highest BCUT2D eigenvalue weighted by Crippen LogP contribution is 2.21. The van der Waals surface area contributed by atoms with E-state index in [2.05, 4.69) is 19.8 Å². The maximum absolute atomic E-state index is 11.2. The molecule has 0 aromatic carbocycles. The van der Waals surface area contributed by atoms with E-state index in [9.17, 15) is 4.79 Å². The monoisotopic (exact) mass is 288 g/mol. The number of nitrogens with zero attached hydrogens (tertiary/aromatic N) is 4. The fourth-order valence-corrected chi connectivity index (χ4v) is 2.98. The first-order valence-electron chi connectivity index (χ1n) is 6.60. The number of rotatable bonds is 3. The van der Waals surface area contributed by atoms with E-state index in [0.717, 1.165) is 37.1 Å². The molecule has 0 atom stereocenters. The number of carbonyl (C=O) groups is 1. The van der Waals surface area contributed by atoms with Crippen LogP contribution in [0.3, 0.4) is 0 Å². The van der Waals surface area contributed by atoms with Crippen LogP contribution in [-0.4, -0.2) is 41.9 Å². The maximum Gasteiger partial charge on any atom is 0.185 e. The Morgan fingerprint density at radius 2 is 1.90 bits per heavy atom. The van der Waals surface area contributed by atoms with Crippen molar-refractivity contribution >= 4 is 28.1 Å². The Balaban J connectivity index is 1.64. The molecule has 0 spiro atoms. The topological polar surface area (TPSA) is 49.3 Å². The summed E-state index contributed by atoms with van der Waals surface area (Å²) in [4.78, 5) is 24.5. The van der Waals surface area contributed by atoms with Crippen LogP contribution in [0.1, 0.15) is 17.3 Å². The van der Waals surface area contributed by atoms with Crippen LogP contribution in [0.5, 0.6) is 0 Å². The second-order valence-corrected chi connectivity index (χ2v) is 5.62. The summed E-state index contributed by atoms with van der Waals surface area (Å²) >= 11 is 1.67. The van der Waals surface area contributed by atoms with E-state index in [1.165, 1.54) is 0 Å². The fourth-order valence-electron chi connectivity index (χ4n) is 2.28. The zero-order valence-corrected chi connectivity index (χ0v) is 12.1. The smallest absolute Gasteiger partial charge is 0.185 e. The summed E-state index contributed by atoms with van der Waals surface area (Å²) in [6.45, 7) is 5.30. The lowest BCUT2D eigenvalue weighted by atomic mass is 10.2. The van der Waals surface area contributed by atoms with Crippen molar-refractivity contribution in [2.75, 3.05) is 36.0 Å². The zero-order chi connectivity index (χ0) is 13.9. The molecule has 0 unspecified atom stereocenters. The Kier molecular flexibility index (Phi) is 3.64. The molecule has 0 amide bonds. The summed E-state index contributed by atoms with van der Waals surface area (Å²) < 4.78 is 0. The lowest BCUT2D eigenvalue weighted by Gasteiger charge is -2.35. The van der Waals surface area contributed by atoms with Gasteiger partial charge in [0.2, 0.25) is 0 Å². The first-order valence-corrected chi connectivity index (χ1v) is 7.48. The molecule has 5 nitrogen and oxygen atoms in total. The van der Waals surface area contributed by atoms with Crippen molar-refractivity contribution in [3.63, 3.8) is 0 Å². The van der Waals surface area contributed by atoms with Crippen LogP contribution in [-0.2, 0) is 0 Å². The van der Waals surface area contributed by atoms with Gasteiger partial charge in [0.05, 0.1) is 0 Å². The number of ketones is 1. The molecule has 20 heavy (non-hydrogen) atoms. The molecular weight excluding hydrogens is 272 g/mol. The number of thiazole rings is 1. The van der Waals surface area contributed by atoms with Gasteiger partial charge in [-0.15, -0.1) is 11.3 Å². The summed E-state index contributed by atoms with van der Waals surface area (Å²) in [5.74, 6) is 0.992. The molecule has 1 aliphatic rings. The van der Waals surface area contributed by atoms with Crippen molar-refractivity contribution in [1.82, 2.24) is 9.97 Å². The zero-order valence-electron chi connectivity index (χ0n) is 11.3. The van der Waals surface area contributed by atoms with Crippen LogP contribution < -0.4 is 9.80 Å². The molecule has 6 heteroatoms. The molecule has 3 rings (SSSR count). The second kappa shape index (κ2) is 5.58. The Morgan fingerprint density at radius 3 is 2.45 bits per heavy atom. The van der Waals surface area contributed by atoms with Crippen molar-refractivity contribution in [2.45, 2.75) is 6.92 Å². The second-order valence-electron chi connectivity index (χ2n) is 4.75. The summed E-state index contributed by atoms with van der Waals surface area (Å²) in [6, 6.07) is 3.77. The van der Waals surface area contributed by atoms with Gasteiger partial charge in [-0.05, 0) is 19.1 Å². The lowest BCUT2D eigenvalue weighted by molar-refractivity contribution is 0.101. The maximum atomic E-state index is 11.2. The van der Waals surface area contributed by atoms with E-state index >= 15 is 0 Å². The molecule has 104 valence electrons. The van der Waals surface area contributed by atoms with E-state index in [0.29, 0.717) is 5.56 Å². The predicted molar refractivity (Wildman–Crippen MR) is 80.8 cm³/mol. The third-order valence-electron chi connectivity index (χ3n) is 3.45. The quantitative estimate of drug-likeness (QED) is 0.809. The molecule has 0 bridgehead atoms. The third-order valence-corrected chi connectivity index (χ3v) is 4.28. The van der Waals surface area contributed by atoms with Gasteiger partial charge in [0.15, 0.2) is 10.9 Å².